The molecule has 0 bridgehead atoms. The summed E-state index contributed by atoms with van der Waals surface area (Å²) in [5, 5.41) is 4.18. The number of hydrogen-bond donors (Lipinski definition) is 1. The van der Waals surface area contributed by atoms with Gasteiger partial charge in [-0.25, -0.2) is 0 Å². The van der Waals surface area contributed by atoms with Crippen LogP contribution in [-0.4, -0.2) is 41.7 Å². The zero-order chi connectivity index (χ0) is 17.9. The van der Waals surface area contributed by atoms with Crippen LogP contribution in [0.4, 0.5) is 5.82 Å². The molecule has 128 valence electrons. The van der Waals surface area contributed by atoms with Crippen molar-refractivity contribution in [2.24, 2.45) is 4.99 Å². The van der Waals surface area contributed by atoms with Crippen LogP contribution in [0, 0.1) is 6.92 Å². The van der Waals surface area contributed by atoms with Crippen molar-refractivity contribution in [1.82, 2.24) is 9.78 Å². The summed E-state index contributed by atoms with van der Waals surface area (Å²) < 4.78 is 11.8. The Hall–Kier alpha value is -2.83. The summed E-state index contributed by atoms with van der Waals surface area (Å²) in [7, 11) is 3.05. The van der Waals surface area contributed by atoms with Crippen LogP contribution in [-0.2, 0) is 0 Å². The third-order valence-electron chi connectivity index (χ3n) is 3.44. The summed E-state index contributed by atoms with van der Waals surface area (Å²) in [5.74, 6) is 1.21. The molecule has 1 aromatic heterocycles. The fourth-order valence-electron chi connectivity index (χ4n) is 2.17. The van der Waals surface area contributed by atoms with Gasteiger partial charge in [-0.1, -0.05) is 0 Å². The molecule has 0 unspecified atom stereocenters. The van der Waals surface area contributed by atoms with Gasteiger partial charge in [-0.05, 0) is 32.9 Å². The molecule has 1 aromatic carbocycles. The van der Waals surface area contributed by atoms with Crippen molar-refractivity contribution in [2.45, 2.75) is 26.8 Å². The van der Waals surface area contributed by atoms with Crippen molar-refractivity contribution in [3.8, 4) is 11.5 Å². The highest BCUT2D eigenvalue weighted by Crippen LogP contribution is 2.26. The maximum Gasteiger partial charge on any atom is 0.233 e. The third-order valence-corrected chi connectivity index (χ3v) is 3.44. The predicted molar refractivity (Wildman–Crippen MR) is 93.2 cm³/mol. The van der Waals surface area contributed by atoms with Crippen molar-refractivity contribution in [3.05, 3.63) is 35.5 Å². The van der Waals surface area contributed by atoms with E-state index in [1.165, 1.54) is 11.8 Å². The molecular formula is C17H22N4O3. The number of ether oxygens (including phenoxy) is 2. The smallest absolute Gasteiger partial charge is 0.233 e. The first-order chi connectivity index (χ1) is 11.4. The first-order valence-electron chi connectivity index (χ1n) is 7.54. The zero-order valence-corrected chi connectivity index (χ0v) is 14.5. The molecule has 0 spiro atoms. The van der Waals surface area contributed by atoms with Gasteiger partial charge < -0.3 is 15.2 Å². The second kappa shape index (κ2) is 7.16. The van der Waals surface area contributed by atoms with Crippen LogP contribution in [0.15, 0.2) is 29.4 Å². The van der Waals surface area contributed by atoms with Gasteiger partial charge in [0.25, 0.3) is 0 Å². The molecular weight excluding hydrogens is 308 g/mol. The quantitative estimate of drug-likeness (QED) is 0.516. The minimum absolute atomic E-state index is 0.0999. The van der Waals surface area contributed by atoms with Crippen LogP contribution in [0.5, 0.6) is 11.5 Å². The first kappa shape index (κ1) is 17.5. The largest absolute Gasteiger partial charge is 0.497 e. The molecule has 0 radical (unpaired) electrons. The number of nitrogens with zero attached hydrogens (tertiary/aromatic N) is 3. The van der Waals surface area contributed by atoms with Crippen LogP contribution >= 0.6 is 0 Å². The van der Waals surface area contributed by atoms with Gasteiger partial charge in [0.2, 0.25) is 5.78 Å². The van der Waals surface area contributed by atoms with E-state index in [9.17, 15) is 4.79 Å². The second-order valence-corrected chi connectivity index (χ2v) is 5.57. The Labute approximate surface area is 141 Å². The van der Waals surface area contributed by atoms with E-state index >= 15 is 0 Å². The SMILES string of the molecule is COc1ccc(C(=O)C(=NC(C)C)n2ncc(C)c2N)c(OC)c1. The monoisotopic (exact) mass is 330 g/mol. The van der Waals surface area contributed by atoms with E-state index < -0.39 is 0 Å². The Morgan fingerprint density at radius 1 is 1.29 bits per heavy atom. The number of aliphatic imine (C=N–C) groups is 1. The number of carbonyl (C=O) groups is 1. The molecule has 7 nitrogen and oxygen atoms in total. The van der Waals surface area contributed by atoms with Crippen molar-refractivity contribution >= 4 is 17.4 Å². The number of carbonyl (C=O) groups excluding carboxylic acids is 1. The summed E-state index contributed by atoms with van der Waals surface area (Å²) in [5.41, 5.74) is 7.17. The van der Waals surface area contributed by atoms with Gasteiger partial charge in [0.15, 0.2) is 5.84 Å². The molecule has 0 fully saturated rings. The molecule has 0 atom stereocenters. The first-order valence-corrected chi connectivity index (χ1v) is 7.54. The average Bonchev–Trinajstić information content (AvgIpc) is 2.90. The number of anilines is 1. The minimum atomic E-state index is -0.321. The molecule has 0 aliphatic heterocycles. The number of methoxy groups -OCH3 is 2. The van der Waals surface area contributed by atoms with E-state index in [2.05, 4.69) is 10.1 Å². The summed E-state index contributed by atoms with van der Waals surface area (Å²) in [6.45, 7) is 5.58. The molecule has 1 heterocycles. The molecule has 0 saturated heterocycles. The number of rotatable bonds is 5. The minimum Gasteiger partial charge on any atom is -0.497 e. The Balaban J connectivity index is 2.56. The van der Waals surface area contributed by atoms with E-state index in [0.717, 1.165) is 5.56 Å². The van der Waals surface area contributed by atoms with E-state index in [-0.39, 0.29) is 17.7 Å². The number of aryl methyl sites for hydroxylation is 1. The van der Waals surface area contributed by atoms with E-state index in [0.29, 0.717) is 22.9 Å². The van der Waals surface area contributed by atoms with Crippen LogP contribution < -0.4 is 15.2 Å². The number of Topliss-reactive ketones (excluding diaryl/α,β-unsaturated/α-hetero) is 1. The van der Waals surface area contributed by atoms with Crippen molar-refractivity contribution in [1.29, 1.82) is 0 Å². The highest BCUT2D eigenvalue weighted by molar-refractivity contribution is 6.46. The lowest BCUT2D eigenvalue weighted by Crippen LogP contribution is -2.27. The number of hydrogen-bond acceptors (Lipinski definition) is 6. The molecule has 0 saturated carbocycles. The lowest BCUT2D eigenvalue weighted by molar-refractivity contribution is 0.105. The summed E-state index contributed by atoms with van der Waals surface area (Å²) in [6, 6.07) is 4.89. The fraction of sp³-hybridized carbons (Fsp3) is 0.353. The van der Waals surface area contributed by atoms with Crippen LogP contribution in [0.1, 0.15) is 29.8 Å². The molecule has 0 aliphatic rings. The van der Waals surface area contributed by atoms with Crippen molar-refractivity contribution in [2.75, 3.05) is 20.0 Å². The van der Waals surface area contributed by atoms with Crippen LogP contribution in [0.3, 0.4) is 0 Å². The lowest BCUT2D eigenvalue weighted by Gasteiger charge is -2.13. The standard InChI is InChI=1S/C17H22N4O3/c1-10(2)20-17(21-16(18)11(3)9-19-21)15(22)13-7-6-12(23-4)8-14(13)24-5/h6-10H,18H2,1-5H3. The van der Waals surface area contributed by atoms with Crippen LogP contribution in [0.2, 0.25) is 0 Å². The number of nitrogen functional groups attached to an aromatic ring is 1. The van der Waals surface area contributed by atoms with Gasteiger partial charge in [-0.3, -0.25) is 9.79 Å². The number of ketones is 1. The van der Waals surface area contributed by atoms with Gasteiger partial charge >= 0.3 is 0 Å². The molecule has 24 heavy (non-hydrogen) atoms. The predicted octanol–water partition coefficient (Wildman–Crippen LogP) is 2.33. The molecule has 7 heteroatoms. The van der Waals surface area contributed by atoms with E-state index in [1.807, 2.05) is 20.8 Å². The molecule has 2 rings (SSSR count). The summed E-state index contributed by atoms with van der Waals surface area (Å²) in [6.07, 6.45) is 1.60. The Kier molecular flexibility index (Phi) is 5.23. The Morgan fingerprint density at radius 2 is 2.00 bits per heavy atom. The summed E-state index contributed by atoms with van der Waals surface area (Å²) in [4.78, 5) is 17.5. The van der Waals surface area contributed by atoms with Gasteiger partial charge in [-0.2, -0.15) is 9.78 Å². The average molecular weight is 330 g/mol. The second-order valence-electron chi connectivity index (χ2n) is 5.57. The Morgan fingerprint density at radius 3 is 2.50 bits per heavy atom. The molecule has 0 amide bonds. The van der Waals surface area contributed by atoms with E-state index in [1.54, 1.807) is 31.5 Å². The maximum absolute atomic E-state index is 13.1. The number of benzene rings is 1. The third kappa shape index (κ3) is 3.40. The summed E-state index contributed by atoms with van der Waals surface area (Å²) >= 11 is 0. The topological polar surface area (TPSA) is 91.7 Å². The molecule has 2 N–H and O–H groups in total. The van der Waals surface area contributed by atoms with E-state index in [4.69, 9.17) is 15.2 Å². The van der Waals surface area contributed by atoms with Crippen molar-refractivity contribution in [3.63, 3.8) is 0 Å². The normalized spacial score (nSPS) is 11.7. The lowest BCUT2D eigenvalue weighted by atomic mass is 10.1. The highest BCUT2D eigenvalue weighted by Gasteiger charge is 2.23. The molecule has 0 aliphatic carbocycles. The van der Waals surface area contributed by atoms with Gasteiger partial charge in [0, 0.05) is 17.7 Å². The van der Waals surface area contributed by atoms with Gasteiger partial charge in [0.05, 0.1) is 26.0 Å². The zero-order valence-electron chi connectivity index (χ0n) is 14.5. The van der Waals surface area contributed by atoms with Crippen molar-refractivity contribution < 1.29 is 14.3 Å². The fourth-order valence-corrected chi connectivity index (χ4v) is 2.17. The van der Waals surface area contributed by atoms with Gasteiger partial charge in [-0.15, -0.1) is 0 Å². The molecule has 2 aromatic rings. The van der Waals surface area contributed by atoms with Gasteiger partial charge in [0.1, 0.15) is 17.3 Å². The highest BCUT2D eigenvalue weighted by atomic mass is 16.5. The maximum atomic E-state index is 13.1. The number of aromatic nitrogens is 2. The van der Waals surface area contributed by atoms with Crippen LogP contribution in [0.25, 0.3) is 0 Å². The number of nitrogens with two attached hydrogens (primary N) is 1. The Bertz CT molecular complexity index is 778.